The first-order valence-corrected chi connectivity index (χ1v) is 3.57. The Morgan fingerprint density at radius 2 is 1.80 bits per heavy atom. The molecule has 0 saturated carbocycles. The van der Waals surface area contributed by atoms with E-state index in [0.717, 1.165) is 0 Å². The molecule has 0 heterocycles. The van der Waals surface area contributed by atoms with E-state index >= 15 is 0 Å². The van der Waals surface area contributed by atoms with Crippen molar-refractivity contribution in [2.45, 2.75) is 18.4 Å². The van der Waals surface area contributed by atoms with Gasteiger partial charge in [0.1, 0.15) is 0 Å². The molecule has 0 aromatic carbocycles. The number of carboxylic acids is 2. The summed E-state index contributed by atoms with van der Waals surface area (Å²) in [6.07, 6.45) is -2.24. The quantitative estimate of drug-likeness (QED) is 0.319. The lowest BCUT2D eigenvalue weighted by atomic mass is 9.95. The van der Waals surface area contributed by atoms with Crippen LogP contribution in [0.15, 0.2) is 5.11 Å². The highest BCUT2D eigenvalue weighted by molar-refractivity contribution is 5.90. The van der Waals surface area contributed by atoms with Gasteiger partial charge >= 0.3 is 11.9 Å². The Labute approximate surface area is 82.6 Å². The van der Waals surface area contributed by atoms with Crippen molar-refractivity contribution in [3.05, 3.63) is 10.4 Å². The van der Waals surface area contributed by atoms with Crippen LogP contribution < -0.4 is 0 Å². The molecule has 0 rings (SSSR count). The zero-order chi connectivity index (χ0) is 12.1. The zero-order valence-electron chi connectivity index (χ0n) is 7.32. The number of hydrogen-bond acceptors (Lipinski definition) is 4. The Kier molecular flexibility index (Phi) is 4.24. The second kappa shape index (κ2) is 4.94. The fourth-order valence-electron chi connectivity index (χ4n) is 0.799. The minimum absolute atomic E-state index is 1.08. The molecule has 1 atom stereocenters. The summed E-state index contributed by atoms with van der Waals surface area (Å²) in [6.45, 7) is 0. The second-order valence-corrected chi connectivity index (χ2v) is 2.67. The standard InChI is InChI=1S/C6H7N3O6/c7-9-8-3(10)1-6(15,5(13)14)2-4(11)12/h15H,1-2H2,(H,11,12)(H,13,14). The number of hydrogen-bond donors (Lipinski definition) is 3. The lowest BCUT2D eigenvalue weighted by Gasteiger charge is -2.18. The van der Waals surface area contributed by atoms with E-state index in [1.807, 2.05) is 0 Å². The van der Waals surface area contributed by atoms with Crippen molar-refractivity contribution in [3.63, 3.8) is 0 Å². The van der Waals surface area contributed by atoms with Gasteiger partial charge in [-0.2, -0.15) is 0 Å². The summed E-state index contributed by atoms with van der Waals surface area (Å²) in [6, 6.07) is 0. The number of carboxylic acid groups (broad SMARTS) is 2. The lowest BCUT2D eigenvalue weighted by Crippen LogP contribution is -2.42. The van der Waals surface area contributed by atoms with Gasteiger partial charge in [0.2, 0.25) is 5.91 Å². The maximum Gasteiger partial charge on any atom is 0.336 e. The number of carbonyl (C=O) groups is 3. The molecule has 0 bridgehead atoms. The van der Waals surface area contributed by atoms with Crippen LogP contribution in [0, 0.1) is 0 Å². The van der Waals surface area contributed by atoms with Gasteiger partial charge in [0.15, 0.2) is 5.60 Å². The van der Waals surface area contributed by atoms with Crippen LogP contribution in [0.5, 0.6) is 0 Å². The molecule has 0 aliphatic rings. The van der Waals surface area contributed by atoms with Crippen LogP contribution in [0.1, 0.15) is 12.8 Å². The molecule has 1 amide bonds. The van der Waals surface area contributed by atoms with E-state index in [9.17, 15) is 19.5 Å². The first kappa shape index (κ1) is 12.9. The monoisotopic (exact) mass is 217 g/mol. The number of rotatable bonds is 5. The van der Waals surface area contributed by atoms with Gasteiger partial charge < -0.3 is 15.3 Å². The normalized spacial score (nSPS) is 13.4. The summed E-state index contributed by atoms with van der Waals surface area (Å²) in [5.41, 5.74) is 5.09. The Bertz CT molecular complexity index is 347. The third-order valence-corrected chi connectivity index (χ3v) is 1.44. The smallest absolute Gasteiger partial charge is 0.336 e. The van der Waals surface area contributed by atoms with Crippen LogP contribution in [0.25, 0.3) is 10.4 Å². The molecule has 9 nitrogen and oxygen atoms in total. The molecule has 1 unspecified atom stereocenters. The minimum atomic E-state index is -2.75. The summed E-state index contributed by atoms with van der Waals surface area (Å²) in [4.78, 5) is 33.5. The highest BCUT2D eigenvalue weighted by Crippen LogP contribution is 2.16. The third kappa shape index (κ3) is 4.07. The molecule has 9 heteroatoms. The number of nitrogens with zero attached hydrogens (tertiary/aromatic N) is 3. The van der Waals surface area contributed by atoms with E-state index < -0.39 is 36.3 Å². The number of aliphatic hydroxyl groups is 1. The molecule has 0 aromatic rings. The molecule has 3 N–H and O–H groups in total. The van der Waals surface area contributed by atoms with E-state index in [-0.39, 0.29) is 0 Å². The van der Waals surface area contributed by atoms with Gasteiger partial charge in [-0.25, -0.2) is 4.79 Å². The molecule has 0 fully saturated rings. The van der Waals surface area contributed by atoms with Gasteiger partial charge in [-0.05, 0) is 10.6 Å². The average Bonchev–Trinajstić information content (AvgIpc) is 2.01. The fourth-order valence-corrected chi connectivity index (χ4v) is 0.799. The summed E-state index contributed by atoms with van der Waals surface area (Å²) in [5.74, 6) is -4.70. The number of carbonyl (C=O) groups excluding carboxylic acids is 1. The first-order valence-electron chi connectivity index (χ1n) is 3.57. The number of amides is 1. The average molecular weight is 217 g/mol. The van der Waals surface area contributed by atoms with Crippen molar-refractivity contribution in [1.82, 2.24) is 0 Å². The van der Waals surface area contributed by atoms with Crippen LogP contribution in [-0.4, -0.2) is 38.8 Å². The molecular weight excluding hydrogens is 210 g/mol. The van der Waals surface area contributed by atoms with Gasteiger partial charge in [0.05, 0.1) is 12.8 Å². The van der Waals surface area contributed by atoms with Crippen molar-refractivity contribution < 1.29 is 29.7 Å². The topological polar surface area (TPSA) is 161 Å². The molecule has 15 heavy (non-hydrogen) atoms. The Balaban J connectivity index is 4.80. The predicted octanol–water partition coefficient (Wildman–Crippen LogP) is -0.496. The van der Waals surface area contributed by atoms with Crippen molar-refractivity contribution in [1.29, 1.82) is 0 Å². The zero-order valence-corrected chi connectivity index (χ0v) is 7.32. The Morgan fingerprint density at radius 3 is 2.13 bits per heavy atom. The van der Waals surface area contributed by atoms with Crippen LogP contribution in [0.4, 0.5) is 0 Å². The molecule has 0 aromatic heterocycles. The van der Waals surface area contributed by atoms with Crippen LogP contribution in [-0.2, 0) is 14.4 Å². The van der Waals surface area contributed by atoms with E-state index in [4.69, 9.17) is 15.7 Å². The summed E-state index contributed by atoms with van der Waals surface area (Å²) in [7, 11) is 0. The molecular formula is C6H7N3O6. The summed E-state index contributed by atoms with van der Waals surface area (Å²) in [5, 5.41) is 28.6. The summed E-state index contributed by atoms with van der Waals surface area (Å²) >= 11 is 0. The highest BCUT2D eigenvalue weighted by atomic mass is 16.4. The highest BCUT2D eigenvalue weighted by Gasteiger charge is 2.40. The van der Waals surface area contributed by atoms with Gasteiger partial charge in [-0.15, -0.1) is 0 Å². The van der Waals surface area contributed by atoms with Crippen molar-refractivity contribution in [3.8, 4) is 0 Å². The predicted molar refractivity (Wildman–Crippen MR) is 43.6 cm³/mol. The maximum absolute atomic E-state index is 10.7. The lowest BCUT2D eigenvalue weighted by molar-refractivity contribution is -0.167. The molecule has 0 saturated heterocycles. The maximum atomic E-state index is 10.7. The second-order valence-electron chi connectivity index (χ2n) is 2.67. The molecule has 82 valence electrons. The largest absolute Gasteiger partial charge is 0.481 e. The van der Waals surface area contributed by atoms with Crippen molar-refractivity contribution in [2.75, 3.05) is 0 Å². The van der Waals surface area contributed by atoms with Gasteiger partial charge in [-0.3, -0.25) is 9.59 Å². The van der Waals surface area contributed by atoms with Crippen LogP contribution in [0.2, 0.25) is 0 Å². The molecule has 0 radical (unpaired) electrons. The van der Waals surface area contributed by atoms with Crippen molar-refractivity contribution >= 4 is 17.8 Å². The fraction of sp³-hybridized carbons (Fsp3) is 0.500. The molecule has 0 aliphatic heterocycles. The summed E-state index contributed by atoms with van der Waals surface area (Å²) < 4.78 is 0. The minimum Gasteiger partial charge on any atom is -0.481 e. The van der Waals surface area contributed by atoms with Crippen molar-refractivity contribution in [2.24, 2.45) is 5.11 Å². The Hall–Kier alpha value is -2.12. The van der Waals surface area contributed by atoms with Crippen LogP contribution in [0.3, 0.4) is 0 Å². The number of azide groups is 1. The van der Waals surface area contributed by atoms with Gasteiger partial charge in [0, 0.05) is 4.91 Å². The molecule has 0 aliphatic carbocycles. The van der Waals surface area contributed by atoms with E-state index in [2.05, 4.69) is 10.0 Å². The molecule has 0 spiro atoms. The third-order valence-electron chi connectivity index (χ3n) is 1.44. The SMILES string of the molecule is [N-]=[N+]=NC(=O)CC(O)(CC(=O)O)C(=O)O. The van der Waals surface area contributed by atoms with Crippen LogP contribution >= 0.6 is 0 Å². The number of aliphatic carboxylic acids is 2. The first-order chi connectivity index (χ1) is 6.81. The van der Waals surface area contributed by atoms with Gasteiger partial charge in [0.25, 0.3) is 0 Å². The van der Waals surface area contributed by atoms with E-state index in [0.29, 0.717) is 0 Å². The van der Waals surface area contributed by atoms with Gasteiger partial charge in [-0.1, -0.05) is 0 Å². The van der Waals surface area contributed by atoms with E-state index in [1.165, 1.54) is 0 Å². The Morgan fingerprint density at radius 1 is 1.27 bits per heavy atom. The van der Waals surface area contributed by atoms with E-state index in [1.54, 1.807) is 0 Å².